The summed E-state index contributed by atoms with van der Waals surface area (Å²) in [5.41, 5.74) is 1.07. The first-order chi connectivity index (χ1) is 12.3. The van der Waals surface area contributed by atoms with Crippen LogP contribution in [0.3, 0.4) is 0 Å². The van der Waals surface area contributed by atoms with Crippen molar-refractivity contribution in [3.8, 4) is 0 Å². The predicted molar refractivity (Wildman–Crippen MR) is 97.2 cm³/mol. The van der Waals surface area contributed by atoms with E-state index >= 15 is 0 Å². The third-order valence-electron chi connectivity index (χ3n) is 3.67. The molecule has 25 heavy (non-hydrogen) atoms. The van der Waals surface area contributed by atoms with Crippen LogP contribution in [-0.2, 0) is 11.2 Å². The first kappa shape index (κ1) is 17.2. The summed E-state index contributed by atoms with van der Waals surface area (Å²) in [4.78, 5) is 13.8. The van der Waals surface area contributed by atoms with Crippen LogP contribution in [0.5, 0.6) is 0 Å². The summed E-state index contributed by atoms with van der Waals surface area (Å²) in [5, 5.41) is 14.2. The molecule has 0 bridgehead atoms. The number of hydrogen-bond donors (Lipinski definition) is 1. The lowest BCUT2D eigenvalue weighted by Crippen LogP contribution is -2.35. The van der Waals surface area contributed by atoms with E-state index in [0.29, 0.717) is 13.0 Å². The maximum absolute atomic E-state index is 12.6. The van der Waals surface area contributed by atoms with Crippen molar-refractivity contribution in [3.05, 3.63) is 72.6 Å². The summed E-state index contributed by atoms with van der Waals surface area (Å²) < 4.78 is 1.51. The van der Waals surface area contributed by atoms with Crippen LogP contribution >= 0.6 is 11.8 Å². The van der Waals surface area contributed by atoms with E-state index in [2.05, 4.69) is 33.0 Å². The minimum Gasteiger partial charge on any atom is -0.353 e. The van der Waals surface area contributed by atoms with E-state index < -0.39 is 6.04 Å². The summed E-state index contributed by atoms with van der Waals surface area (Å²) in [5.74, 6) is 0.730. The second-order valence-corrected chi connectivity index (χ2v) is 6.62. The van der Waals surface area contributed by atoms with Gasteiger partial charge in [0.15, 0.2) is 0 Å². The number of tetrazole rings is 1. The van der Waals surface area contributed by atoms with Gasteiger partial charge in [-0.2, -0.15) is 0 Å². The molecular weight excluding hydrogens is 334 g/mol. The maximum Gasteiger partial charge on any atom is 0.245 e. The van der Waals surface area contributed by atoms with E-state index in [9.17, 15) is 4.79 Å². The Balaban J connectivity index is 1.56. The molecule has 1 amide bonds. The number of aromatic nitrogens is 4. The fraction of sp³-hybridized carbons (Fsp3) is 0.222. The van der Waals surface area contributed by atoms with E-state index in [1.807, 2.05) is 48.5 Å². The minimum absolute atomic E-state index is 0.0789. The zero-order valence-electron chi connectivity index (χ0n) is 13.7. The molecule has 0 aliphatic rings. The van der Waals surface area contributed by atoms with E-state index in [1.165, 1.54) is 15.9 Å². The fourth-order valence-corrected chi connectivity index (χ4v) is 3.22. The number of amides is 1. The normalized spacial score (nSPS) is 11.8. The van der Waals surface area contributed by atoms with Gasteiger partial charge in [0.1, 0.15) is 12.4 Å². The van der Waals surface area contributed by atoms with Gasteiger partial charge in [-0.25, -0.2) is 4.68 Å². The number of thioether (sulfide) groups is 1. The molecule has 6 nitrogen and oxygen atoms in total. The smallest absolute Gasteiger partial charge is 0.245 e. The Labute approximate surface area is 150 Å². The Bertz CT molecular complexity index is 765. The molecule has 1 aromatic heterocycles. The highest BCUT2D eigenvalue weighted by Crippen LogP contribution is 2.16. The Morgan fingerprint density at radius 1 is 1.08 bits per heavy atom. The summed E-state index contributed by atoms with van der Waals surface area (Å²) in [6.07, 6.45) is 2.02. The topological polar surface area (TPSA) is 72.7 Å². The number of carbonyl (C=O) groups is 1. The number of benzene rings is 2. The van der Waals surface area contributed by atoms with E-state index in [1.54, 1.807) is 11.8 Å². The highest BCUT2D eigenvalue weighted by molar-refractivity contribution is 7.99. The monoisotopic (exact) mass is 353 g/mol. The van der Waals surface area contributed by atoms with Gasteiger partial charge in [0.2, 0.25) is 5.91 Å². The van der Waals surface area contributed by atoms with Crippen molar-refractivity contribution >= 4 is 17.7 Å². The molecule has 0 aliphatic carbocycles. The van der Waals surface area contributed by atoms with Gasteiger partial charge in [-0.05, 0) is 28.1 Å². The second-order valence-electron chi connectivity index (χ2n) is 5.45. The number of hydrogen-bond acceptors (Lipinski definition) is 5. The van der Waals surface area contributed by atoms with Gasteiger partial charge >= 0.3 is 0 Å². The second kappa shape index (κ2) is 8.98. The Kier molecular flexibility index (Phi) is 6.17. The third kappa shape index (κ3) is 5.15. The van der Waals surface area contributed by atoms with Gasteiger partial charge in [0, 0.05) is 23.6 Å². The van der Waals surface area contributed by atoms with E-state index in [4.69, 9.17) is 0 Å². The molecule has 0 fully saturated rings. The lowest BCUT2D eigenvalue weighted by molar-refractivity contribution is -0.124. The van der Waals surface area contributed by atoms with Crippen molar-refractivity contribution in [2.75, 3.05) is 12.3 Å². The largest absolute Gasteiger partial charge is 0.353 e. The van der Waals surface area contributed by atoms with E-state index in [-0.39, 0.29) is 5.91 Å². The van der Waals surface area contributed by atoms with Crippen LogP contribution in [0.2, 0.25) is 0 Å². The summed E-state index contributed by atoms with van der Waals surface area (Å²) in [7, 11) is 0. The molecule has 1 heterocycles. The van der Waals surface area contributed by atoms with Crippen LogP contribution < -0.4 is 5.32 Å². The van der Waals surface area contributed by atoms with Gasteiger partial charge in [0.05, 0.1) is 0 Å². The van der Waals surface area contributed by atoms with Gasteiger partial charge in [-0.1, -0.05) is 48.5 Å². The van der Waals surface area contributed by atoms with Crippen molar-refractivity contribution in [3.63, 3.8) is 0 Å². The van der Waals surface area contributed by atoms with Crippen LogP contribution in [0.4, 0.5) is 0 Å². The SMILES string of the molecule is O=C(NCCSc1ccccc1)C(Cc1ccccc1)n1cnnn1. The van der Waals surface area contributed by atoms with Crippen molar-refractivity contribution in [2.45, 2.75) is 17.4 Å². The Hall–Kier alpha value is -2.67. The molecule has 0 saturated heterocycles. The Morgan fingerprint density at radius 3 is 2.48 bits per heavy atom. The zero-order chi connectivity index (χ0) is 17.3. The number of nitrogens with zero attached hydrogens (tertiary/aromatic N) is 4. The lowest BCUT2D eigenvalue weighted by Gasteiger charge is -2.16. The summed E-state index contributed by atoms with van der Waals surface area (Å²) in [6, 6.07) is 19.5. The number of nitrogens with one attached hydrogen (secondary N) is 1. The zero-order valence-corrected chi connectivity index (χ0v) is 14.5. The minimum atomic E-state index is -0.459. The molecule has 0 saturated carbocycles. The van der Waals surface area contributed by atoms with Crippen molar-refractivity contribution in [1.29, 1.82) is 0 Å². The lowest BCUT2D eigenvalue weighted by atomic mass is 10.1. The van der Waals surface area contributed by atoms with Gasteiger partial charge < -0.3 is 5.32 Å². The molecule has 3 aromatic rings. The predicted octanol–water partition coefficient (Wildman–Crippen LogP) is 2.37. The van der Waals surface area contributed by atoms with Gasteiger partial charge in [-0.15, -0.1) is 16.9 Å². The van der Waals surface area contributed by atoms with Gasteiger partial charge in [0.25, 0.3) is 0 Å². The fourth-order valence-electron chi connectivity index (χ4n) is 2.43. The van der Waals surface area contributed by atoms with Crippen LogP contribution in [-0.4, -0.2) is 38.4 Å². The molecule has 7 heteroatoms. The Morgan fingerprint density at radius 2 is 1.80 bits per heavy atom. The molecule has 1 N–H and O–H groups in total. The highest BCUT2D eigenvalue weighted by atomic mass is 32.2. The first-order valence-electron chi connectivity index (χ1n) is 8.05. The molecule has 3 rings (SSSR count). The molecular formula is C18H19N5OS. The van der Waals surface area contributed by atoms with Crippen molar-refractivity contribution in [1.82, 2.24) is 25.5 Å². The molecule has 0 spiro atoms. The average molecular weight is 353 g/mol. The maximum atomic E-state index is 12.6. The van der Waals surface area contributed by atoms with Crippen molar-refractivity contribution < 1.29 is 4.79 Å². The summed E-state index contributed by atoms with van der Waals surface area (Å²) in [6.45, 7) is 0.589. The molecule has 2 aromatic carbocycles. The molecule has 1 atom stereocenters. The number of carbonyl (C=O) groups excluding carboxylic acids is 1. The van der Waals surface area contributed by atoms with Crippen LogP contribution in [0.15, 0.2) is 71.9 Å². The van der Waals surface area contributed by atoms with Crippen LogP contribution in [0, 0.1) is 0 Å². The highest BCUT2D eigenvalue weighted by Gasteiger charge is 2.21. The molecule has 0 radical (unpaired) electrons. The van der Waals surface area contributed by atoms with Gasteiger partial charge in [-0.3, -0.25) is 4.79 Å². The number of rotatable bonds is 8. The average Bonchev–Trinajstić information content (AvgIpc) is 3.19. The third-order valence-corrected chi connectivity index (χ3v) is 4.69. The van der Waals surface area contributed by atoms with Crippen LogP contribution in [0.25, 0.3) is 0 Å². The van der Waals surface area contributed by atoms with Crippen molar-refractivity contribution in [2.24, 2.45) is 0 Å². The molecule has 128 valence electrons. The van der Waals surface area contributed by atoms with Crippen LogP contribution in [0.1, 0.15) is 11.6 Å². The standard InChI is InChI=1S/C18H19N5OS/c24-18(19-11-12-25-16-9-5-2-6-10-16)17(23-14-20-21-22-23)13-15-7-3-1-4-8-15/h1-10,14,17H,11-13H2,(H,19,24). The molecule has 0 aliphatic heterocycles. The molecule has 1 unspecified atom stereocenters. The first-order valence-corrected chi connectivity index (χ1v) is 9.03. The summed E-state index contributed by atoms with van der Waals surface area (Å²) >= 11 is 1.71. The quantitative estimate of drug-likeness (QED) is 0.497. The van der Waals surface area contributed by atoms with E-state index in [0.717, 1.165) is 11.3 Å².